The fraction of sp³-hybridized carbons (Fsp3) is 0.300. The topological polar surface area (TPSA) is 89.7 Å². The highest BCUT2D eigenvalue weighted by atomic mass is 16.6. The van der Waals surface area contributed by atoms with E-state index in [0.29, 0.717) is 5.56 Å². The highest BCUT2D eigenvalue weighted by molar-refractivity contribution is 5.72. The molecule has 0 heterocycles. The number of nitro groups is 1. The summed E-state index contributed by atoms with van der Waals surface area (Å²) in [6, 6.07) is 5.72. The Balaban J connectivity index is 2.75. The Labute approximate surface area is 91.6 Å². The number of carboxylic acid groups (broad SMARTS) is 1. The highest BCUT2D eigenvalue weighted by Gasteiger charge is 2.17. The number of ether oxygens (including phenoxy) is 1. The van der Waals surface area contributed by atoms with Gasteiger partial charge >= 0.3 is 5.97 Å². The van der Waals surface area contributed by atoms with Gasteiger partial charge in [0.05, 0.1) is 4.92 Å². The smallest absolute Gasteiger partial charge is 0.333 e. The second kappa shape index (κ2) is 5.22. The van der Waals surface area contributed by atoms with Gasteiger partial charge in [0.2, 0.25) is 0 Å². The predicted octanol–water partition coefficient (Wildman–Crippen LogP) is 1.24. The average molecular weight is 225 g/mol. The standard InChI is InChI=1S/C10H11NO5/c1-16-9(10(12)13)6-7-2-4-8(5-3-7)11(14)15/h2-5,9H,6H2,1H3,(H,12,13)/t9-/m1/s1. The zero-order valence-electron chi connectivity index (χ0n) is 8.62. The van der Waals surface area contributed by atoms with E-state index in [2.05, 4.69) is 0 Å². The molecule has 1 atom stereocenters. The maximum Gasteiger partial charge on any atom is 0.333 e. The van der Waals surface area contributed by atoms with Crippen LogP contribution in [0.1, 0.15) is 5.56 Å². The van der Waals surface area contributed by atoms with E-state index >= 15 is 0 Å². The van der Waals surface area contributed by atoms with Crippen LogP contribution in [0.3, 0.4) is 0 Å². The normalized spacial score (nSPS) is 12.1. The molecule has 0 unspecified atom stereocenters. The minimum Gasteiger partial charge on any atom is -0.479 e. The van der Waals surface area contributed by atoms with Crippen molar-refractivity contribution in [2.75, 3.05) is 7.11 Å². The average Bonchev–Trinajstić information content (AvgIpc) is 2.26. The Bertz CT molecular complexity index is 387. The van der Waals surface area contributed by atoms with Crippen molar-refractivity contribution in [3.63, 3.8) is 0 Å². The Morgan fingerprint density at radius 1 is 1.50 bits per heavy atom. The van der Waals surface area contributed by atoms with Gasteiger partial charge in [-0.15, -0.1) is 0 Å². The third kappa shape index (κ3) is 3.03. The van der Waals surface area contributed by atoms with Crippen LogP contribution in [0.15, 0.2) is 24.3 Å². The summed E-state index contributed by atoms with van der Waals surface area (Å²) in [6.07, 6.45) is -0.745. The molecule has 6 heteroatoms. The molecular formula is C10H11NO5. The second-order valence-electron chi connectivity index (χ2n) is 3.19. The molecule has 0 bridgehead atoms. The van der Waals surface area contributed by atoms with Gasteiger partial charge in [0.25, 0.3) is 5.69 Å². The van der Waals surface area contributed by atoms with Crippen LogP contribution >= 0.6 is 0 Å². The number of nitro benzene ring substituents is 1. The van der Waals surface area contributed by atoms with E-state index in [1.165, 1.54) is 31.4 Å². The number of aliphatic carboxylic acids is 1. The number of hydrogen-bond donors (Lipinski definition) is 1. The van der Waals surface area contributed by atoms with E-state index in [-0.39, 0.29) is 12.1 Å². The summed E-state index contributed by atoms with van der Waals surface area (Å²) in [5.74, 6) is -1.05. The first-order valence-corrected chi connectivity index (χ1v) is 4.53. The first kappa shape index (κ1) is 12.1. The van der Waals surface area contributed by atoms with Gasteiger partial charge in [0.15, 0.2) is 6.10 Å². The monoisotopic (exact) mass is 225 g/mol. The predicted molar refractivity (Wildman–Crippen MR) is 55.2 cm³/mol. The zero-order valence-corrected chi connectivity index (χ0v) is 8.62. The molecule has 0 saturated heterocycles. The van der Waals surface area contributed by atoms with Crippen molar-refractivity contribution in [2.24, 2.45) is 0 Å². The first-order chi connectivity index (χ1) is 7.54. The van der Waals surface area contributed by atoms with Crippen LogP contribution in [-0.4, -0.2) is 29.2 Å². The van der Waals surface area contributed by atoms with Gasteiger partial charge in [-0.3, -0.25) is 10.1 Å². The van der Waals surface area contributed by atoms with E-state index in [0.717, 1.165) is 0 Å². The lowest BCUT2D eigenvalue weighted by molar-refractivity contribution is -0.384. The molecule has 0 aliphatic carbocycles. The second-order valence-corrected chi connectivity index (χ2v) is 3.19. The quantitative estimate of drug-likeness (QED) is 0.601. The molecular weight excluding hydrogens is 214 g/mol. The molecule has 0 radical (unpaired) electrons. The molecule has 1 aromatic rings. The molecule has 0 saturated carbocycles. The number of nitrogens with zero attached hydrogens (tertiary/aromatic N) is 1. The summed E-state index contributed by atoms with van der Waals surface area (Å²) >= 11 is 0. The minimum atomic E-state index is -1.05. The highest BCUT2D eigenvalue weighted by Crippen LogP contribution is 2.13. The minimum absolute atomic E-state index is 0.0203. The largest absolute Gasteiger partial charge is 0.479 e. The molecule has 1 rings (SSSR count). The Kier molecular flexibility index (Phi) is 3.96. The Hall–Kier alpha value is -1.95. The van der Waals surface area contributed by atoms with Gasteiger partial charge in [-0.2, -0.15) is 0 Å². The number of hydrogen-bond acceptors (Lipinski definition) is 4. The molecule has 1 aromatic carbocycles. The third-order valence-corrected chi connectivity index (χ3v) is 2.13. The number of methoxy groups -OCH3 is 1. The zero-order chi connectivity index (χ0) is 12.1. The Morgan fingerprint density at radius 3 is 2.44 bits per heavy atom. The van der Waals surface area contributed by atoms with Gasteiger partial charge in [-0.05, 0) is 5.56 Å². The summed E-state index contributed by atoms with van der Waals surface area (Å²) in [5, 5.41) is 19.1. The number of non-ortho nitro benzene ring substituents is 1. The number of carboxylic acids is 1. The SMILES string of the molecule is CO[C@H](Cc1ccc([N+](=O)[O-])cc1)C(=O)O. The van der Waals surface area contributed by atoms with Crippen LogP contribution < -0.4 is 0 Å². The molecule has 86 valence electrons. The van der Waals surface area contributed by atoms with E-state index in [4.69, 9.17) is 9.84 Å². The maximum absolute atomic E-state index is 10.7. The fourth-order valence-electron chi connectivity index (χ4n) is 1.24. The molecule has 0 amide bonds. The lowest BCUT2D eigenvalue weighted by atomic mass is 10.1. The van der Waals surface area contributed by atoms with Crippen molar-refractivity contribution >= 4 is 11.7 Å². The fourth-order valence-corrected chi connectivity index (χ4v) is 1.24. The summed E-state index contributed by atoms with van der Waals surface area (Å²) < 4.78 is 4.76. The van der Waals surface area contributed by atoms with Crippen molar-refractivity contribution in [3.8, 4) is 0 Å². The summed E-state index contributed by atoms with van der Waals surface area (Å²) in [7, 11) is 1.31. The third-order valence-electron chi connectivity index (χ3n) is 2.13. The van der Waals surface area contributed by atoms with Crippen LogP contribution in [0.4, 0.5) is 5.69 Å². The molecule has 0 spiro atoms. The van der Waals surface area contributed by atoms with Crippen molar-refractivity contribution in [1.82, 2.24) is 0 Å². The van der Waals surface area contributed by atoms with Gasteiger partial charge < -0.3 is 9.84 Å². The number of rotatable bonds is 5. The number of benzene rings is 1. The molecule has 16 heavy (non-hydrogen) atoms. The van der Waals surface area contributed by atoms with Crippen molar-refractivity contribution < 1.29 is 19.6 Å². The van der Waals surface area contributed by atoms with Gasteiger partial charge in [0, 0.05) is 25.7 Å². The molecule has 1 N–H and O–H groups in total. The summed E-state index contributed by atoms with van der Waals surface area (Å²) in [6.45, 7) is 0. The lowest BCUT2D eigenvalue weighted by Gasteiger charge is -2.09. The van der Waals surface area contributed by atoms with Gasteiger partial charge in [0.1, 0.15) is 0 Å². The first-order valence-electron chi connectivity index (χ1n) is 4.53. The van der Waals surface area contributed by atoms with Crippen molar-refractivity contribution in [2.45, 2.75) is 12.5 Å². The lowest BCUT2D eigenvalue weighted by Crippen LogP contribution is -2.24. The molecule has 0 aromatic heterocycles. The molecule has 0 aliphatic heterocycles. The van der Waals surface area contributed by atoms with E-state index in [1.54, 1.807) is 0 Å². The van der Waals surface area contributed by atoms with Crippen molar-refractivity contribution in [3.05, 3.63) is 39.9 Å². The Morgan fingerprint density at radius 2 is 2.06 bits per heavy atom. The summed E-state index contributed by atoms with van der Waals surface area (Å²) in [5.41, 5.74) is 0.660. The van der Waals surface area contributed by atoms with Gasteiger partial charge in [-0.1, -0.05) is 12.1 Å². The van der Waals surface area contributed by atoms with Crippen LogP contribution in [0, 0.1) is 10.1 Å². The van der Waals surface area contributed by atoms with Crippen LogP contribution in [-0.2, 0) is 16.0 Å². The van der Waals surface area contributed by atoms with Crippen LogP contribution in [0.25, 0.3) is 0 Å². The molecule has 0 fully saturated rings. The van der Waals surface area contributed by atoms with Crippen LogP contribution in [0.5, 0.6) is 0 Å². The van der Waals surface area contributed by atoms with E-state index < -0.39 is 17.0 Å². The molecule has 0 aliphatic rings. The van der Waals surface area contributed by atoms with E-state index in [9.17, 15) is 14.9 Å². The van der Waals surface area contributed by atoms with E-state index in [1.807, 2.05) is 0 Å². The van der Waals surface area contributed by atoms with Crippen molar-refractivity contribution in [1.29, 1.82) is 0 Å². The van der Waals surface area contributed by atoms with Crippen LogP contribution in [0.2, 0.25) is 0 Å². The summed E-state index contributed by atoms with van der Waals surface area (Å²) in [4.78, 5) is 20.6. The molecule has 6 nitrogen and oxygen atoms in total. The maximum atomic E-state index is 10.7. The van der Waals surface area contributed by atoms with Gasteiger partial charge in [-0.25, -0.2) is 4.79 Å². The number of carbonyl (C=O) groups is 1.